The maximum atomic E-state index is 12.9. The lowest BCUT2D eigenvalue weighted by Crippen LogP contribution is -2.21. The Labute approximate surface area is 157 Å². The molecule has 0 aliphatic heterocycles. The van der Waals surface area contributed by atoms with Gasteiger partial charge in [-0.1, -0.05) is 29.8 Å². The molecule has 1 heterocycles. The number of carboxylic acids is 1. The van der Waals surface area contributed by atoms with E-state index in [1.807, 2.05) is 0 Å². The number of hydrogen-bond donors (Lipinski definition) is 2. The smallest absolute Gasteiger partial charge is 0.417 e. The Morgan fingerprint density at radius 1 is 1.19 bits per heavy atom. The average Bonchev–Trinajstić information content (AvgIpc) is 3.17. The van der Waals surface area contributed by atoms with Crippen LogP contribution in [0.3, 0.4) is 0 Å². The van der Waals surface area contributed by atoms with E-state index in [0.717, 1.165) is 6.07 Å². The fourth-order valence-electron chi connectivity index (χ4n) is 2.75. The molecular formula is C19H15ClF3NO3. The van der Waals surface area contributed by atoms with Gasteiger partial charge in [0.1, 0.15) is 5.58 Å². The molecule has 8 heteroatoms. The zero-order valence-corrected chi connectivity index (χ0v) is 14.6. The number of benzene rings is 2. The summed E-state index contributed by atoms with van der Waals surface area (Å²) in [4.78, 5) is 10.2. The lowest BCUT2D eigenvalue weighted by atomic mass is 9.98. The van der Waals surface area contributed by atoms with Gasteiger partial charge in [0.05, 0.1) is 22.4 Å². The van der Waals surface area contributed by atoms with Crippen molar-refractivity contribution in [2.24, 2.45) is 5.73 Å². The van der Waals surface area contributed by atoms with Gasteiger partial charge < -0.3 is 15.3 Å². The Morgan fingerprint density at radius 3 is 2.30 bits per heavy atom. The van der Waals surface area contributed by atoms with E-state index in [2.05, 4.69) is 0 Å². The van der Waals surface area contributed by atoms with Crippen molar-refractivity contribution in [1.82, 2.24) is 0 Å². The highest BCUT2D eigenvalue weighted by Gasteiger charge is 2.46. The van der Waals surface area contributed by atoms with E-state index < -0.39 is 23.2 Å². The largest absolute Gasteiger partial charge is 0.478 e. The quantitative estimate of drug-likeness (QED) is 0.603. The third-order valence-corrected chi connectivity index (χ3v) is 4.70. The highest BCUT2D eigenvalue weighted by molar-refractivity contribution is 6.33. The number of carbonyl (C=O) groups is 1. The predicted octanol–water partition coefficient (Wildman–Crippen LogP) is 5.44. The van der Waals surface area contributed by atoms with Crippen LogP contribution in [0.15, 0.2) is 53.1 Å². The molecule has 142 valence electrons. The summed E-state index contributed by atoms with van der Waals surface area (Å²) in [5, 5.41) is 8.64. The number of aromatic carboxylic acids is 1. The third kappa shape index (κ3) is 3.94. The van der Waals surface area contributed by atoms with Crippen molar-refractivity contribution in [3.63, 3.8) is 0 Å². The van der Waals surface area contributed by atoms with Gasteiger partial charge in [-0.15, -0.1) is 0 Å². The number of alkyl halides is 3. The van der Waals surface area contributed by atoms with Gasteiger partial charge in [-0.05, 0) is 37.1 Å². The molecule has 0 atom stereocenters. The Bertz CT molecular complexity index is 979. The number of fused-ring (bicyclic) bond motifs is 1. The van der Waals surface area contributed by atoms with Crippen LogP contribution in [0.5, 0.6) is 0 Å². The zero-order valence-electron chi connectivity index (χ0n) is 13.9. The van der Waals surface area contributed by atoms with Crippen LogP contribution in [0.4, 0.5) is 13.2 Å². The van der Waals surface area contributed by atoms with Crippen LogP contribution in [-0.4, -0.2) is 11.1 Å². The van der Waals surface area contributed by atoms with E-state index in [0.29, 0.717) is 29.4 Å². The molecule has 1 fully saturated rings. The molecule has 0 radical (unpaired) electrons. The van der Waals surface area contributed by atoms with Gasteiger partial charge >= 0.3 is 12.1 Å². The standard InChI is InChI=1S/C12H9ClF3NO.C7H6O2/c13-10-7(12(14,15)16)5-8-6(1-4-18-8)9(10)11(17)2-3-11;8-7(9)6-4-2-1-3-5-6/h1,4-5H,2-3,17H2;1-5H,(H,8,9). The van der Waals surface area contributed by atoms with E-state index in [1.165, 1.54) is 6.26 Å². The van der Waals surface area contributed by atoms with Crippen molar-refractivity contribution >= 4 is 28.5 Å². The fourth-order valence-corrected chi connectivity index (χ4v) is 3.20. The van der Waals surface area contributed by atoms with Crippen LogP contribution in [0.1, 0.15) is 34.3 Å². The third-order valence-electron chi connectivity index (χ3n) is 4.31. The van der Waals surface area contributed by atoms with E-state index >= 15 is 0 Å². The van der Waals surface area contributed by atoms with Crippen molar-refractivity contribution < 1.29 is 27.5 Å². The second-order valence-electron chi connectivity index (χ2n) is 6.27. The van der Waals surface area contributed by atoms with Gasteiger partial charge in [0.25, 0.3) is 0 Å². The number of hydrogen-bond acceptors (Lipinski definition) is 3. The molecule has 2 aromatic carbocycles. The van der Waals surface area contributed by atoms with E-state index in [1.54, 1.807) is 36.4 Å². The number of rotatable bonds is 2. The predicted molar refractivity (Wildman–Crippen MR) is 94.7 cm³/mol. The maximum Gasteiger partial charge on any atom is 0.417 e. The molecule has 4 rings (SSSR count). The van der Waals surface area contributed by atoms with Crippen LogP contribution in [-0.2, 0) is 11.7 Å². The molecule has 0 saturated heterocycles. The maximum absolute atomic E-state index is 12.9. The molecule has 0 spiro atoms. The number of nitrogens with two attached hydrogens (primary N) is 1. The van der Waals surface area contributed by atoms with Crippen molar-refractivity contribution in [2.75, 3.05) is 0 Å². The van der Waals surface area contributed by atoms with Crippen LogP contribution < -0.4 is 5.73 Å². The van der Waals surface area contributed by atoms with Gasteiger partial charge in [0.15, 0.2) is 0 Å². The summed E-state index contributed by atoms with van der Waals surface area (Å²) in [5.41, 5.74) is 5.22. The summed E-state index contributed by atoms with van der Waals surface area (Å²) in [7, 11) is 0. The number of halogens is 4. The normalized spacial score (nSPS) is 15.1. The van der Waals surface area contributed by atoms with Gasteiger partial charge in [-0.2, -0.15) is 13.2 Å². The molecule has 27 heavy (non-hydrogen) atoms. The van der Waals surface area contributed by atoms with Crippen LogP contribution in [0, 0.1) is 0 Å². The van der Waals surface area contributed by atoms with Gasteiger partial charge in [-0.3, -0.25) is 0 Å². The summed E-state index contributed by atoms with van der Waals surface area (Å²) in [5.74, 6) is -0.879. The first-order valence-corrected chi connectivity index (χ1v) is 8.36. The molecule has 1 aromatic heterocycles. The van der Waals surface area contributed by atoms with Crippen LogP contribution in [0.2, 0.25) is 5.02 Å². The van der Waals surface area contributed by atoms with Gasteiger partial charge in [-0.25, -0.2) is 4.79 Å². The molecule has 1 saturated carbocycles. The fraction of sp³-hybridized carbons (Fsp3) is 0.211. The first-order valence-electron chi connectivity index (χ1n) is 7.98. The first kappa shape index (κ1) is 19.3. The molecular weight excluding hydrogens is 383 g/mol. The molecule has 3 aromatic rings. The summed E-state index contributed by atoms with van der Waals surface area (Å²) in [6, 6.07) is 10.8. The Kier molecular flexibility index (Phi) is 4.92. The highest BCUT2D eigenvalue weighted by atomic mass is 35.5. The van der Waals surface area contributed by atoms with E-state index in [9.17, 15) is 18.0 Å². The zero-order chi connectivity index (χ0) is 19.8. The second kappa shape index (κ2) is 6.90. The van der Waals surface area contributed by atoms with Crippen molar-refractivity contribution in [3.8, 4) is 0 Å². The monoisotopic (exact) mass is 397 g/mol. The average molecular weight is 398 g/mol. The molecule has 0 amide bonds. The van der Waals surface area contributed by atoms with E-state index in [-0.39, 0.29) is 10.6 Å². The Balaban J connectivity index is 0.000000197. The minimum absolute atomic E-state index is 0.165. The van der Waals surface area contributed by atoms with Gasteiger partial charge in [0, 0.05) is 16.5 Å². The first-order chi connectivity index (χ1) is 12.6. The molecule has 1 aliphatic carbocycles. The summed E-state index contributed by atoms with van der Waals surface area (Å²) in [6.07, 6.45) is -1.91. The number of furan rings is 1. The van der Waals surface area contributed by atoms with Crippen molar-refractivity contribution in [2.45, 2.75) is 24.6 Å². The Hall–Kier alpha value is -2.51. The van der Waals surface area contributed by atoms with Gasteiger partial charge in [0.2, 0.25) is 0 Å². The Morgan fingerprint density at radius 2 is 1.81 bits per heavy atom. The lowest BCUT2D eigenvalue weighted by molar-refractivity contribution is -0.137. The second-order valence-corrected chi connectivity index (χ2v) is 6.65. The molecule has 3 N–H and O–H groups in total. The van der Waals surface area contributed by atoms with Crippen molar-refractivity contribution in [3.05, 3.63) is 70.4 Å². The topological polar surface area (TPSA) is 76.5 Å². The van der Waals surface area contributed by atoms with E-state index in [4.69, 9.17) is 26.9 Å². The van der Waals surface area contributed by atoms with Crippen LogP contribution in [0.25, 0.3) is 11.0 Å². The minimum atomic E-state index is -4.52. The molecule has 0 unspecified atom stereocenters. The molecule has 4 nitrogen and oxygen atoms in total. The summed E-state index contributed by atoms with van der Waals surface area (Å²) >= 11 is 5.91. The minimum Gasteiger partial charge on any atom is -0.478 e. The molecule has 0 bridgehead atoms. The summed E-state index contributed by atoms with van der Waals surface area (Å²) < 4.78 is 43.8. The molecule has 1 aliphatic rings. The summed E-state index contributed by atoms with van der Waals surface area (Å²) in [6.45, 7) is 0. The highest BCUT2D eigenvalue weighted by Crippen LogP contribution is 2.51. The van der Waals surface area contributed by atoms with Crippen molar-refractivity contribution in [1.29, 1.82) is 0 Å². The van der Waals surface area contributed by atoms with Crippen LogP contribution >= 0.6 is 11.6 Å². The number of carboxylic acid groups (broad SMARTS) is 1. The SMILES string of the molecule is NC1(c2c(Cl)c(C(F)(F)F)cc3occc23)CC1.O=C(O)c1ccccc1. The lowest BCUT2D eigenvalue weighted by Gasteiger charge is -2.17.